The van der Waals surface area contributed by atoms with Crippen LogP contribution in [0, 0.1) is 28.1 Å². The van der Waals surface area contributed by atoms with Crippen molar-refractivity contribution in [2.75, 3.05) is 25.1 Å². The SMILES string of the molecule is N#Cc1cccc(NCC2(C#N)COC2)c1. The number of ether oxygens (including phenoxy) is 1. The number of nitrogens with zero attached hydrogens (tertiary/aromatic N) is 2. The molecule has 0 spiro atoms. The van der Waals surface area contributed by atoms with Crippen molar-refractivity contribution < 1.29 is 4.74 Å². The van der Waals surface area contributed by atoms with E-state index in [9.17, 15) is 0 Å². The van der Waals surface area contributed by atoms with Gasteiger partial charge in [-0.25, -0.2) is 0 Å². The van der Waals surface area contributed by atoms with Gasteiger partial charge in [0.1, 0.15) is 5.41 Å². The van der Waals surface area contributed by atoms with Crippen molar-refractivity contribution in [2.24, 2.45) is 5.41 Å². The van der Waals surface area contributed by atoms with Gasteiger partial charge >= 0.3 is 0 Å². The van der Waals surface area contributed by atoms with Gasteiger partial charge in [0.05, 0.1) is 30.9 Å². The molecule has 2 rings (SSSR count). The first-order chi connectivity index (χ1) is 7.78. The van der Waals surface area contributed by atoms with Crippen LogP contribution >= 0.6 is 0 Å². The summed E-state index contributed by atoms with van der Waals surface area (Å²) in [5, 5.41) is 20.9. The number of nitriles is 2. The van der Waals surface area contributed by atoms with Gasteiger partial charge in [0.15, 0.2) is 0 Å². The molecular weight excluding hydrogens is 202 g/mol. The summed E-state index contributed by atoms with van der Waals surface area (Å²) < 4.78 is 5.05. The van der Waals surface area contributed by atoms with Gasteiger partial charge in [0, 0.05) is 12.2 Å². The summed E-state index contributed by atoms with van der Waals surface area (Å²) in [6.45, 7) is 1.52. The van der Waals surface area contributed by atoms with Crippen LogP contribution in [0.1, 0.15) is 5.56 Å². The zero-order chi connectivity index (χ0) is 11.4. The first-order valence-electron chi connectivity index (χ1n) is 5.01. The molecule has 0 aromatic heterocycles. The maximum atomic E-state index is 8.99. The monoisotopic (exact) mass is 213 g/mol. The molecule has 0 amide bonds. The molecule has 0 saturated carbocycles. The van der Waals surface area contributed by atoms with Gasteiger partial charge in [-0.1, -0.05) is 6.07 Å². The molecule has 0 radical (unpaired) electrons. The van der Waals surface area contributed by atoms with Crippen LogP contribution in [-0.4, -0.2) is 19.8 Å². The molecule has 16 heavy (non-hydrogen) atoms. The van der Waals surface area contributed by atoms with Gasteiger partial charge in [-0.3, -0.25) is 0 Å². The molecule has 1 aliphatic rings. The molecule has 4 heteroatoms. The largest absolute Gasteiger partial charge is 0.383 e. The minimum Gasteiger partial charge on any atom is -0.383 e. The lowest BCUT2D eigenvalue weighted by Gasteiger charge is -2.35. The number of hydrogen-bond donors (Lipinski definition) is 1. The lowest BCUT2D eigenvalue weighted by Crippen LogP contribution is -2.46. The van der Waals surface area contributed by atoms with E-state index >= 15 is 0 Å². The van der Waals surface area contributed by atoms with E-state index in [1.165, 1.54) is 0 Å². The molecule has 1 aliphatic heterocycles. The fourth-order valence-electron chi connectivity index (χ4n) is 1.52. The minimum atomic E-state index is -0.400. The quantitative estimate of drug-likeness (QED) is 0.826. The Morgan fingerprint density at radius 2 is 2.19 bits per heavy atom. The first-order valence-corrected chi connectivity index (χ1v) is 5.01. The number of anilines is 1. The zero-order valence-corrected chi connectivity index (χ0v) is 8.73. The fourth-order valence-corrected chi connectivity index (χ4v) is 1.52. The van der Waals surface area contributed by atoms with Gasteiger partial charge in [-0.15, -0.1) is 0 Å². The van der Waals surface area contributed by atoms with Gasteiger partial charge < -0.3 is 10.1 Å². The van der Waals surface area contributed by atoms with Gasteiger partial charge in [0.25, 0.3) is 0 Å². The molecule has 1 aromatic carbocycles. The predicted molar refractivity (Wildman–Crippen MR) is 58.5 cm³/mol. The Morgan fingerprint density at radius 1 is 1.38 bits per heavy atom. The van der Waals surface area contributed by atoms with Crippen LogP contribution in [0.2, 0.25) is 0 Å². The van der Waals surface area contributed by atoms with Crippen LogP contribution in [0.3, 0.4) is 0 Å². The van der Waals surface area contributed by atoms with E-state index in [0.717, 1.165) is 5.69 Å². The number of hydrogen-bond acceptors (Lipinski definition) is 4. The predicted octanol–water partition coefficient (Wildman–Crippen LogP) is 1.51. The Bertz CT molecular complexity index is 466. The van der Waals surface area contributed by atoms with E-state index in [1.54, 1.807) is 12.1 Å². The Labute approximate surface area is 94.1 Å². The number of benzene rings is 1. The van der Waals surface area contributed by atoms with E-state index in [1.807, 2.05) is 12.1 Å². The van der Waals surface area contributed by atoms with Crippen molar-refractivity contribution in [3.63, 3.8) is 0 Å². The summed E-state index contributed by atoms with van der Waals surface area (Å²) in [5.41, 5.74) is 1.07. The van der Waals surface area contributed by atoms with Crippen LogP contribution < -0.4 is 5.32 Å². The van der Waals surface area contributed by atoms with E-state index in [4.69, 9.17) is 15.3 Å². The summed E-state index contributed by atoms with van der Waals surface area (Å²) >= 11 is 0. The summed E-state index contributed by atoms with van der Waals surface area (Å²) in [4.78, 5) is 0. The Morgan fingerprint density at radius 3 is 2.75 bits per heavy atom. The smallest absolute Gasteiger partial charge is 0.121 e. The molecule has 0 atom stereocenters. The van der Waals surface area contributed by atoms with E-state index in [-0.39, 0.29) is 0 Å². The third-order valence-corrected chi connectivity index (χ3v) is 2.62. The molecule has 1 heterocycles. The molecule has 1 N–H and O–H groups in total. The molecule has 80 valence electrons. The summed E-state index contributed by atoms with van der Waals surface area (Å²) in [6, 6.07) is 11.6. The molecular formula is C12H11N3O. The van der Waals surface area contributed by atoms with Crippen LogP contribution in [0.4, 0.5) is 5.69 Å². The highest BCUT2D eigenvalue weighted by molar-refractivity contribution is 5.49. The zero-order valence-electron chi connectivity index (χ0n) is 8.73. The van der Waals surface area contributed by atoms with Crippen molar-refractivity contribution in [3.05, 3.63) is 29.8 Å². The van der Waals surface area contributed by atoms with Crippen molar-refractivity contribution >= 4 is 5.69 Å². The van der Waals surface area contributed by atoms with Crippen LogP contribution in [0.5, 0.6) is 0 Å². The second-order valence-corrected chi connectivity index (χ2v) is 3.93. The highest BCUT2D eigenvalue weighted by Crippen LogP contribution is 2.26. The van der Waals surface area contributed by atoms with E-state index in [2.05, 4.69) is 17.5 Å². The average molecular weight is 213 g/mol. The normalized spacial score (nSPS) is 16.6. The van der Waals surface area contributed by atoms with E-state index < -0.39 is 5.41 Å². The second kappa shape index (κ2) is 4.22. The molecule has 1 aromatic rings. The van der Waals surface area contributed by atoms with Gasteiger partial charge in [-0.05, 0) is 18.2 Å². The summed E-state index contributed by atoms with van der Waals surface area (Å²) in [7, 11) is 0. The maximum Gasteiger partial charge on any atom is 0.121 e. The van der Waals surface area contributed by atoms with Crippen LogP contribution in [-0.2, 0) is 4.74 Å². The Kier molecular flexibility index (Phi) is 2.76. The standard InChI is InChI=1S/C12H11N3O/c13-5-10-2-1-3-11(4-10)15-7-12(6-14)8-16-9-12/h1-4,15H,7-9H2. The molecule has 4 nitrogen and oxygen atoms in total. The third-order valence-electron chi connectivity index (χ3n) is 2.62. The highest BCUT2D eigenvalue weighted by Gasteiger charge is 2.38. The summed E-state index contributed by atoms with van der Waals surface area (Å²) in [6.07, 6.45) is 0. The molecule has 0 unspecified atom stereocenters. The third kappa shape index (κ3) is 1.98. The molecule has 1 saturated heterocycles. The van der Waals surface area contributed by atoms with Crippen molar-refractivity contribution in [2.45, 2.75) is 0 Å². The molecule has 0 bridgehead atoms. The van der Waals surface area contributed by atoms with Crippen LogP contribution in [0.15, 0.2) is 24.3 Å². The highest BCUT2D eigenvalue weighted by atomic mass is 16.5. The first kappa shape index (κ1) is 10.5. The van der Waals surface area contributed by atoms with Crippen molar-refractivity contribution in [3.8, 4) is 12.1 Å². The number of nitrogens with one attached hydrogen (secondary N) is 1. The second-order valence-electron chi connectivity index (χ2n) is 3.93. The summed E-state index contributed by atoms with van der Waals surface area (Å²) in [5.74, 6) is 0. The fraction of sp³-hybridized carbons (Fsp3) is 0.333. The van der Waals surface area contributed by atoms with Gasteiger partial charge in [-0.2, -0.15) is 10.5 Å². The Hall–Kier alpha value is -2.04. The average Bonchev–Trinajstić information content (AvgIpc) is 2.29. The minimum absolute atomic E-state index is 0.400. The topological polar surface area (TPSA) is 68.8 Å². The van der Waals surface area contributed by atoms with Gasteiger partial charge in [0.2, 0.25) is 0 Å². The molecule has 0 aliphatic carbocycles. The maximum absolute atomic E-state index is 8.99. The van der Waals surface area contributed by atoms with Crippen LogP contribution in [0.25, 0.3) is 0 Å². The lowest BCUT2D eigenvalue weighted by atomic mass is 9.88. The van der Waals surface area contributed by atoms with E-state index in [0.29, 0.717) is 25.3 Å². The number of rotatable bonds is 3. The van der Waals surface area contributed by atoms with Crippen molar-refractivity contribution in [1.82, 2.24) is 0 Å². The molecule has 1 fully saturated rings. The van der Waals surface area contributed by atoms with Crippen molar-refractivity contribution in [1.29, 1.82) is 10.5 Å². The lowest BCUT2D eigenvalue weighted by molar-refractivity contribution is -0.0690. The Balaban J connectivity index is 2.00.